The van der Waals surface area contributed by atoms with Crippen molar-refractivity contribution in [3.63, 3.8) is 0 Å². The number of ether oxygens (including phenoxy) is 1. The van der Waals surface area contributed by atoms with Crippen LogP contribution < -0.4 is 10.6 Å². The first-order chi connectivity index (χ1) is 14.3. The van der Waals surface area contributed by atoms with E-state index in [2.05, 4.69) is 22.2 Å². The fourth-order valence-corrected chi connectivity index (χ4v) is 3.83. The zero-order valence-electron chi connectivity index (χ0n) is 16.7. The van der Waals surface area contributed by atoms with Gasteiger partial charge in [0.15, 0.2) is 5.82 Å². The van der Waals surface area contributed by atoms with Gasteiger partial charge in [-0.25, -0.2) is 9.50 Å². The first kappa shape index (κ1) is 19.4. The molecule has 30 heavy (non-hydrogen) atoms. The summed E-state index contributed by atoms with van der Waals surface area (Å²) in [7, 11) is 0. The zero-order valence-corrected chi connectivity index (χ0v) is 16.7. The quantitative estimate of drug-likeness (QED) is 0.696. The minimum Gasteiger partial charge on any atom is -0.382 e. The fourth-order valence-electron chi connectivity index (χ4n) is 3.83. The Labute approximate surface area is 172 Å². The van der Waals surface area contributed by atoms with E-state index in [4.69, 9.17) is 10.5 Å². The number of nitrogens with two attached hydrogens (primary N) is 1. The number of benzene rings is 1. The SMILES string of the molecule is C[C@H]1CN(c2cc(-c3cc(C#N)c4c(N)ncnn34)ccc2C#N)C(=O)C(C)(C)O1. The van der Waals surface area contributed by atoms with Crippen molar-refractivity contribution >= 4 is 22.9 Å². The second-order valence-corrected chi connectivity index (χ2v) is 7.66. The maximum absolute atomic E-state index is 13.0. The van der Waals surface area contributed by atoms with Gasteiger partial charge in [0.25, 0.3) is 5.91 Å². The Bertz CT molecular complexity index is 1260. The van der Waals surface area contributed by atoms with E-state index in [0.29, 0.717) is 40.1 Å². The monoisotopic (exact) mass is 401 g/mol. The first-order valence-electron chi connectivity index (χ1n) is 9.33. The second-order valence-electron chi connectivity index (χ2n) is 7.66. The molecule has 3 heterocycles. The molecule has 1 aromatic carbocycles. The Balaban J connectivity index is 1.91. The number of carbonyl (C=O) groups is 1. The Kier molecular flexibility index (Phi) is 4.41. The van der Waals surface area contributed by atoms with E-state index in [1.54, 1.807) is 47.5 Å². The number of nitriles is 2. The van der Waals surface area contributed by atoms with Crippen molar-refractivity contribution in [2.45, 2.75) is 32.5 Å². The molecule has 9 nitrogen and oxygen atoms in total. The van der Waals surface area contributed by atoms with Crippen LogP contribution >= 0.6 is 0 Å². The molecule has 0 radical (unpaired) electrons. The average Bonchev–Trinajstić information content (AvgIpc) is 3.10. The van der Waals surface area contributed by atoms with Crippen LogP contribution in [0.2, 0.25) is 0 Å². The van der Waals surface area contributed by atoms with Gasteiger partial charge in [0.2, 0.25) is 0 Å². The van der Waals surface area contributed by atoms with Gasteiger partial charge in [-0.15, -0.1) is 0 Å². The van der Waals surface area contributed by atoms with E-state index < -0.39 is 5.60 Å². The molecule has 3 aromatic rings. The van der Waals surface area contributed by atoms with Crippen LogP contribution in [0.15, 0.2) is 30.6 Å². The summed E-state index contributed by atoms with van der Waals surface area (Å²) in [6.45, 7) is 5.64. The van der Waals surface area contributed by atoms with Crippen LogP contribution in [0, 0.1) is 22.7 Å². The number of rotatable bonds is 2. The topological polar surface area (TPSA) is 133 Å². The van der Waals surface area contributed by atoms with Gasteiger partial charge in [-0.05, 0) is 39.0 Å². The third-order valence-corrected chi connectivity index (χ3v) is 5.10. The molecule has 150 valence electrons. The molecule has 2 aromatic heterocycles. The molecule has 0 aliphatic carbocycles. The van der Waals surface area contributed by atoms with E-state index in [1.165, 1.54) is 6.33 Å². The smallest absolute Gasteiger partial charge is 0.258 e. The number of morpholine rings is 1. The average molecular weight is 401 g/mol. The number of hydrogen-bond acceptors (Lipinski definition) is 7. The molecule has 9 heteroatoms. The fraction of sp³-hybridized carbons (Fsp3) is 0.286. The summed E-state index contributed by atoms with van der Waals surface area (Å²) in [5.41, 5.74) is 7.84. The van der Waals surface area contributed by atoms with Crippen molar-refractivity contribution < 1.29 is 9.53 Å². The van der Waals surface area contributed by atoms with Gasteiger partial charge < -0.3 is 15.4 Å². The normalized spacial score (nSPS) is 18.2. The van der Waals surface area contributed by atoms with E-state index in [0.717, 1.165) is 0 Å². The predicted octanol–water partition coefficient (Wildman–Crippen LogP) is 2.25. The summed E-state index contributed by atoms with van der Waals surface area (Å²) >= 11 is 0. The molecular weight excluding hydrogens is 382 g/mol. The summed E-state index contributed by atoms with van der Waals surface area (Å²) < 4.78 is 7.31. The van der Waals surface area contributed by atoms with Crippen LogP contribution in [0.4, 0.5) is 11.5 Å². The van der Waals surface area contributed by atoms with Crippen molar-refractivity contribution in [2.24, 2.45) is 0 Å². The van der Waals surface area contributed by atoms with Gasteiger partial charge in [0.1, 0.15) is 29.6 Å². The lowest BCUT2D eigenvalue weighted by Gasteiger charge is -2.41. The maximum Gasteiger partial charge on any atom is 0.258 e. The van der Waals surface area contributed by atoms with Crippen molar-refractivity contribution in [3.8, 4) is 23.4 Å². The number of amides is 1. The second kappa shape index (κ2) is 6.83. The largest absolute Gasteiger partial charge is 0.382 e. The predicted molar refractivity (Wildman–Crippen MR) is 109 cm³/mol. The maximum atomic E-state index is 13.0. The van der Waals surface area contributed by atoms with E-state index in [9.17, 15) is 15.3 Å². The molecular formula is C21H19N7O2. The highest BCUT2D eigenvalue weighted by Gasteiger charge is 2.41. The molecule has 1 atom stereocenters. The van der Waals surface area contributed by atoms with Crippen LogP contribution in [0.3, 0.4) is 0 Å². The number of anilines is 2. The lowest BCUT2D eigenvalue weighted by molar-refractivity contribution is -0.153. The highest BCUT2D eigenvalue weighted by atomic mass is 16.5. The molecule has 1 aliphatic heterocycles. The molecule has 1 amide bonds. The summed E-state index contributed by atoms with van der Waals surface area (Å²) in [6, 6.07) is 11.1. The number of nitrogens with zero attached hydrogens (tertiary/aromatic N) is 6. The number of hydrogen-bond donors (Lipinski definition) is 1. The number of fused-ring (bicyclic) bond motifs is 1. The Hall–Kier alpha value is -3.95. The molecule has 0 spiro atoms. The van der Waals surface area contributed by atoms with E-state index >= 15 is 0 Å². The Morgan fingerprint density at radius 1 is 1.23 bits per heavy atom. The Morgan fingerprint density at radius 2 is 1.97 bits per heavy atom. The first-order valence-corrected chi connectivity index (χ1v) is 9.33. The van der Waals surface area contributed by atoms with Crippen LogP contribution in [-0.4, -0.2) is 38.8 Å². The molecule has 1 aliphatic rings. The Morgan fingerprint density at radius 3 is 2.67 bits per heavy atom. The van der Waals surface area contributed by atoms with Crippen LogP contribution in [0.25, 0.3) is 16.8 Å². The van der Waals surface area contributed by atoms with E-state index in [-0.39, 0.29) is 17.8 Å². The van der Waals surface area contributed by atoms with Gasteiger partial charge in [-0.2, -0.15) is 15.6 Å². The van der Waals surface area contributed by atoms with Gasteiger partial charge in [0.05, 0.1) is 35.2 Å². The van der Waals surface area contributed by atoms with Gasteiger partial charge in [-0.3, -0.25) is 4.79 Å². The molecule has 1 fully saturated rings. The van der Waals surface area contributed by atoms with Gasteiger partial charge >= 0.3 is 0 Å². The van der Waals surface area contributed by atoms with Crippen LogP contribution in [0.1, 0.15) is 31.9 Å². The zero-order chi connectivity index (χ0) is 21.6. The van der Waals surface area contributed by atoms with Crippen molar-refractivity contribution in [1.29, 1.82) is 10.5 Å². The summed E-state index contributed by atoms with van der Waals surface area (Å²) in [5, 5.41) is 23.4. The van der Waals surface area contributed by atoms with Gasteiger partial charge in [0, 0.05) is 5.56 Å². The number of nitrogen functional groups attached to an aromatic ring is 1. The van der Waals surface area contributed by atoms with Crippen molar-refractivity contribution in [3.05, 3.63) is 41.7 Å². The summed E-state index contributed by atoms with van der Waals surface area (Å²) in [6.07, 6.45) is 1.12. The minimum absolute atomic E-state index is 0.195. The van der Waals surface area contributed by atoms with Crippen molar-refractivity contribution in [1.82, 2.24) is 14.6 Å². The lowest BCUT2D eigenvalue weighted by atomic mass is 10.0. The standard InChI is InChI=1S/C21H19N7O2/c1-12-10-27(20(29)21(2,3)30-12)16-6-13(4-5-14(16)8-22)17-7-15(9-23)18-19(24)25-11-26-28(17)18/h4-7,11-12H,10H2,1-3H3,(H2,24,25,26)/t12-/m0/s1. The lowest BCUT2D eigenvalue weighted by Crippen LogP contribution is -2.56. The third kappa shape index (κ3) is 2.93. The van der Waals surface area contributed by atoms with Gasteiger partial charge in [-0.1, -0.05) is 6.07 Å². The molecule has 4 rings (SSSR count). The summed E-state index contributed by atoms with van der Waals surface area (Å²) in [5.74, 6) is -0.0286. The minimum atomic E-state index is -1.00. The number of carbonyl (C=O) groups excluding carboxylic acids is 1. The molecule has 0 unspecified atom stereocenters. The highest BCUT2D eigenvalue weighted by molar-refractivity contribution is 6.01. The number of aromatic nitrogens is 3. The van der Waals surface area contributed by atoms with E-state index in [1.807, 2.05) is 6.92 Å². The van der Waals surface area contributed by atoms with Crippen LogP contribution in [-0.2, 0) is 9.53 Å². The van der Waals surface area contributed by atoms with Crippen LogP contribution in [0.5, 0.6) is 0 Å². The third-order valence-electron chi connectivity index (χ3n) is 5.10. The highest BCUT2D eigenvalue weighted by Crippen LogP contribution is 2.34. The molecule has 2 N–H and O–H groups in total. The molecule has 0 bridgehead atoms. The molecule has 1 saturated heterocycles. The molecule has 0 saturated carbocycles. The summed E-state index contributed by atoms with van der Waals surface area (Å²) in [4.78, 5) is 18.6. The van der Waals surface area contributed by atoms with Crippen molar-refractivity contribution in [2.75, 3.05) is 17.2 Å².